The Hall–Kier alpha value is -1.89. The van der Waals surface area contributed by atoms with Gasteiger partial charge in [0.25, 0.3) is 0 Å². The Kier molecular flexibility index (Phi) is 2.84. The molecule has 0 unspecified atom stereocenters. The van der Waals surface area contributed by atoms with E-state index in [4.69, 9.17) is 5.84 Å². The quantitative estimate of drug-likeness (QED) is 0.548. The topological polar surface area (TPSA) is 97.2 Å². The van der Waals surface area contributed by atoms with Crippen molar-refractivity contribution in [1.82, 2.24) is 14.9 Å². The van der Waals surface area contributed by atoms with Gasteiger partial charge in [-0.05, 0) is 43.3 Å². The van der Waals surface area contributed by atoms with E-state index < -0.39 is 0 Å². The van der Waals surface area contributed by atoms with Crippen LogP contribution in [0.2, 0.25) is 0 Å². The largest absolute Gasteiger partial charge is 0.504 e. The highest BCUT2D eigenvalue weighted by Gasteiger charge is 2.12. The number of hydrogen-bond acceptors (Lipinski definition) is 6. The Labute approximate surface area is 102 Å². The van der Waals surface area contributed by atoms with Crippen molar-refractivity contribution in [1.29, 1.82) is 0 Å². The number of phenolic OH excluding ortho intramolecular Hbond substituents is 2. The summed E-state index contributed by atoms with van der Waals surface area (Å²) in [4.78, 5) is 0.763. The number of rotatable bonds is 2. The summed E-state index contributed by atoms with van der Waals surface area (Å²) in [6.07, 6.45) is 0. The molecule has 1 aromatic heterocycles. The molecule has 7 heteroatoms. The van der Waals surface area contributed by atoms with Gasteiger partial charge >= 0.3 is 0 Å². The van der Waals surface area contributed by atoms with Crippen LogP contribution < -0.4 is 5.84 Å². The van der Waals surface area contributed by atoms with E-state index in [1.165, 1.54) is 28.6 Å². The molecule has 4 N–H and O–H groups in total. The molecular weight excluding hydrogens is 240 g/mol. The smallest absolute Gasteiger partial charge is 0.214 e. The van der Waals surface area contributed by atoms with Crippen molar-refractivity contribution in [2.75, 3.05) is 5.84 Å². The maximum absolute atomic E-state index is 9.44. The highest BCUT2D eigenvalue weighted by molar-refractivity contribution is 7.99. The fourth-order valence-corrected chi connectivity index (χ4v) is 2.19. The first kappa shape index (κ1) is 11.6. The second-order valence-electron chi connectivity index (χ2n) is 3.61. The standard InChI is InChI=1S/C10H12N4O2S/c1-5-3-7(15)8(16)4-9(5)17-10-13-12-6(2)14(10)11/h3-4,15-16H,11H2,1-2H3. The van der Waals surface area contributed by atoms with E-state index in [1.807, 2.05) is 6.92 Å². The van der Waals surface area contributed by atoms with E-state index in [0.717, 1.165) is 10.5 Å². The molecule has 0 saturated heterocycles. The lowest BCUT2D eigenvalue weighted by Gasteiger charge is -2.07. The zero-order valence-electron chi connectivity index (χ0n) is 9.38. The molecule has 0 bridgehead atoms. The molecular formula is C10H12N4O2S. The monoisotopic (exact) mass is 252 g/mol. The molecule has 17 heavy (non-hydrogen) atoms. The second-order valence-corrected chi connectivity index (χ2v) is 4.62. The van der Waals surface area contributed by atoms with Crippen molar-refractivity contribution >= 4 is 11.8 Å². The number of aryl methyl sites for hydroxylation is 2. The molecule has 90 valence electrons. The summed E-state index contributed by atoms with van der Waals surface area (Å²) < 4.78 is 1.37. The van der Waals surface area contributed by atoms with E-state index >= 15 is 0 Å². The van der Waals surface area contributed by atoms with Gasteiger partial charge < -0.3 is 16.1 Å². The normalized spacial score (nSPS) is 10.7. The number of hydrogen-bond donors (Lipinski definition) is 3. The molecule has 2 rings (SSSR count). The lowest BCUT2D eigenvalue weighted by Crippen LogP contribution is -2.11. The van der Waals surface area contributed by atoms with Crippen molar-refractivity contribution in [2.24, 2.45) is 0 Å². The second kappa shape index (κ2) is 4.17. The average Bonchev–Trinajstić information content (AvgIpc) is 2.58. The minimum atomic E-state index is -0.169. The summed E-state index contributed by atoms with van der Waals surface area (Å²) in [6.45, 7) is 3.57. The van der Waals surface area contributed by atoms with Crippen LogP contribution in [-0.2, 0) is 0 Å². The summed E-state index contributed by atoms with van der Waals surface area (Å²) in [5.41, 5.74) is 0.825. The summed E-state index contributed by atoms with van der Waals surface area (Å²) in [5, 5.41) is 27.0. The molecule has 2 aromatic rings. The third kappa shape index (κ3) is 2.14. The number of aromatic hydroxyl groups is 2. The van der Waals surface area contributed by atoms with Crippen LogP contribution in [0.4, 0.5) is 0 Å². The van der Waals surface area contributed by atoms with Gasteiger partial charge in [-0.1, -0.05) is 0 Å². The molecule has 0 atom stereocenters. The molecule has 0 saturated carbocycles. The maximum atomic E-state index is 9.44. The highest BCUT2D eigenvalue weighted by Crippen LogP contribution is 2.35. The summed E-state index contributed by atoms with van der Waals surface area (Å²) in [6, 6.07) is 2.96. The number of phenols is 2. The van der Waals surface area contributed by atoms with Gasteiger partial charge in [-0.2, -0.15) is 0 Å². The molecule has 0 radical (unpaired) electrons. The Balaban J connectivity index is 2.36. The molecule has 6 nitrogen and oxygen atoms in total. The minimum Gasteiger partial charge on any atom is -0.504 e. The van der Waals surface area contributed by atoms with Crippen LogP contribution in [0.25, 0.3) is 0 Å². The maximum Gasteiger partial charge on any atom is 0.214 e. The predicted octanol–water partition coefficient (Wildman–Crippen LogP) is 1.17. The minimum absolute atomic E-state index is 0.141. The number of benzene rings is 1. The van der Waals surface area contributed by atoms with E-state index in [2.05, 4.69) is 10.2 Å². The molecule has 0 amide bonds. The lowest BCUT2D eigenvalue weighted by molar-refractivity contribution is 0.402. The molecule has 1 aromatic carbocycles. The van der Waals surface area contributed by atoms with Gasteiger partial charge in [-0.15, -0.1) is 10.2 Å². The zero-order chi connectivity index (χ0) is 12.6. The number of nitrogen functional groups attached to an aromatic ring is 1. The fourth-order valence-electron chi connectivity index (χ4n) is 1.29. The molecule has 1 heterocycles. The van der Waals surface area contributed by atoms with Crippen molar-refractivity contribution in [3.05, 3.63) is 23.5 Å². The fraction of sp³-hybridized carbons (Fsp3) is 0.200. The van der Waals surface area contributed by atoms with Gasteiger partial charge in [-0.25, -0.2) is 4.68 Å². The highest BCUT2D eigenvalue weighted by atomic mass is 32.2. The average molecular weight is 252 g/mol. The predicted molar refractivity (Wildman–Crippen MR) is 63.5 cm³/mol. The zero-order valence-corrected chi connectivity index (χ0v) is 10.2. The first-order valence-electron chi connectivity index (χ1n) is 4.86. The Bertz CT molecular complexity index is 568. The van der Waals surface area contributed by atoms with E-state index in [9.17, 15) is 10.2 Å². The summed E-state index contributed by atoms with van der Waals surface area (Å²) in [7, 11) is 0. The van der Waals surface area contributed by atoms with Crippen LogP contribution in [-0.4, -0.2) is 25.1 Å². The Morgan fingerprint density at radius 2 is 1.82 bits per heavy atom. The molecule has 0 aliphatic heterocycles. The number of nitrogens with two attached hydrogens (primary N) is 1. The Morgan fingerprint density at radius 1 is 1.18 bits per heavy atom. The van der Waals surface area contributed by atoms with Gasteiger partial charge in [0, 0.05) is 4.90 Å². The van der Waals surface area contributed by atoms with E-state index in [-0.39, 0.29) is 11.5 Å². The van der Waals surface area contributed by atoms with E-state index in [0.29, 0.717) is 11.0 Å². The van der Waals surface area contributed by atoms with Crippen LogP contribution >= 0.6 is 11.8 Å². The van der Waals surface area contributed by atoms with Gasteiger partial charge in [0.15, 0.2) is 11.5 Å². The third-order valence-electron chi connectivity index (χ3n) is 2.31. The van der Waals surface area contributed by atoms with Crippen molar-refractivity contribution in [3.8, 4) is 11.5 Å². The van der Waals surface area contributed by atoms with Crippen molar-refractivity contribution in [2.45, 2.75) is 23.9 Å². The van der Waals surface area contributed by atoms with Crippen LogP contribution in [0, 0.1) is 13.8 Å². The lowest BCUT2D eigenvalue weighted by atomic mass is 10.2. The van der Waals surface area contributed by atoms with Crippen LogP contribution in [0.15, 0.2) is 22.2 Å². The SMILES string of the molecule is Cc1cc(O)c(O)cc1Sc1nnc(C)n1N. The molecule has 0 spiro atoms. The molecule has 0 fully saturated rings. The Morgan fingerprint density at radius 3 is 2.41 bits per heavy atom. The summed E-state index contributed by atoms with van der Waals surface area (Å²) >= 11 is 1.28. The van der Waals surface area contributed by atoms with Crippen LogP contribution in [0.3, 0.4) is 0 Å². The third-order valence-corrected chi connectivity index (χ3v) is 3.43. The van der Waals surface area contributed by atoms with Crippen LogP contribution in [0.1, 0.15) is 11.4 Å². The van der Waals surface area contributed by atoms with Gasteiger partial charge in [0.1, 0.15) is 5.82 Å². The van der Waals surface area contributed by atoms with Gasteiger partial charge in [-0.3, -0.25) is 0 Å². The van der Waals surface area contributed by atoms with Gasteiger partial charge in [0.05, 0.1) is 0 Å². The number of nitrogens with zero attached hydrogens (tertiary/aromatic N) is 3. The number of aromatic nitrogens is 3. The summed E-state index contributed by atoms with van der Waals surface area (Å²) in [5.74, 6) is 6.02. The van der Waals surface area contributed by atoms with Crippen molar-refractivity contribution < 1.29 is 10.2 Å². The first-order valence-corrected chi connectivity index (χ1v) is 5.68. The van der Waals surface area contributed by atoms with Crippen molar-refractivity contribution in [3.63, 3.8) is 0 Å². The first-order chi connectivity index (χ1) is 7.99. The molecule has 0 aliphatic rings. The molecule has 0 aliphatic carbocycles. The van der Waals surface area contributed by atoms with Crippen LogP contribution in [0.5, 0.6) is 11.5 Å². The van der Waals surface area contributed by atoms with Gasteiger partial charge in [0.2, 0.25) is 5.16 Å². The van der Waals surface area contributed by atoms with E-state index in [1.54, 1.807) is 6.92 Å².